The molecule has 1 unspecified atom stereocenters. The summed E-state index contributed by atoms with van der Waals surface area (Å²) in [7, 11) is 0. The largest absolute Gasteiger partial charge is 0.469 e. The van der Waals surface area contributed by atoms with Crippen LogP contribution in [0.25, 0.3) is 0 Å². The van der Waals surface area contributed by atoms with Crippen molar-refractivity contribution in [1.82, 2.24) is 10.2 Å². The number of amides is 2. The van der Waals surface area contributed by atoms with Crippen LogP contribution >= 0.6 is 0 Å². The highest BCUT2D eigenvalue weighted by Crippen LogP contribution is 2.30. The number of nitrogens with one attached hydrogen (secondary N) is 1. The number of nitrogens with zero attached hydrogens (tertiary/aromatic N) is 1. The van der Waals surface area contributed by atoms with Crippen LogP contribution in [0.15, 0.2) is 16.7 Å². The van der Waals surface area contributed by atoms with E-state index in [-0.39, 0.29) is 12.0 Å². The smallest absolute Gasteiger partial charge is 0.407 e. The fourth-order valence-corrected chi connectivity index (χ4v) is 2.93. The fraction of sp³-hybridized carbons (Fsp3) is 0.571. The van der Waals surface area contributed by atoms with Gasteiger partial charge in [-0.05, 0) is 25.8 Å². The van der Waals surface area contributed by atoms with E-state index in [1.807, 2.05) is 4.90 Å². The molecule has 2 aliphatic rings. The van der Waals surface area contributed by atoms with Gasteiger partial charge in [0.05, 0.1) is 18.4 Å². The van der Waals surface area contributed by atoms with E-state index in [9.17, 15) is 9.59 Å². The highest BCUT2D eigenvalue weighted by atomic mass is 16.6. The predicted molar refractivity (Wildman–Crippen MR) is 70.4 cm³/mol. The molecule has 2 amide bonds. The molecule has 2 saturated heterocycles. The van der Waals surface area contributed by atoms with E-state index < -0.39 is 5.60 Å². The minimum Gasteiger partial charge on any atom is -0.469 e. The molecule has 1 aromatic heterocycles. The summed E-state index contributed by atoms with van der Waals surface area (Å²) in [6.45, 7) is 3.61. The lowest BCUT2D eigenvalue weighted by Gasteiger charge is -2.24. The van der Waals surface area contributed by atoms with Crippen molar-refractivity contribution < 1.29 is 18.7 Å². The molecule has 0 aromatic carbocycles. The first-order valence-electron chi connectivity index (χ1n) is 6.90. The first kappa shape index (κ1) is 13.0. The third-order valence-corrected chi connectivity index (χ3v) is 4.14. The summed E-state index contributed by atoms with van der Waals surface area (Å²) in [6.07, 6.45) is 3.48. The van der Waals surface area contributed by atoms with E-state index in [2.05, 4.69) is 5.32 Å². The molecule has 108 valence electrons. The lowest BCUT2D eigenvalue weighted by molar-refractivity contribution is 0.0438. The lowest BCUT2D eigenvalue weighted by Crippen LogP contribution is -2.36. The lowest BCUT2D eigenvalue weighted by atomic mass is 9.95. The molecule has 2 aliphatic heterocycles. The van der Waals surface area contributed by atoms with Gasteiger partial charge in [0.1, 0.15) is 11.4 Å². The minimum absolute atomic E-state index is 0.00872. The molecule has 1 aromatic rings. The molecular formula is C14H18N2O4. The van der Waals surface area contributed by atoms with Crippen LogP contribution in [0, 0.1) is 6.92 Å². The highest BCUT2D eigenvalue weighted by molar-refractivity contribution is 5.95. The van der Waals surface area contributed by atoms with Crippen LogP contribution in [-0.2, 0) is 4.74 Å². The van der Waals surface area contributed by atoms with Gasteiger partial charge in [-0.3, -0.25) is 4.79 Å². The second-order valence-corrected chi connectivity index (χ2v) is 5.46. The van der Waals surface area contributed by atoms with Gasteiger partial charge in [0, 0.05) is 19.5 Å². The number of carbonyl (C=O) groups excluding carboxylic acids is 2. The molecule has 0 radical (unpaired) electrons. The Labute approximate surface area is 117 Å². The van der Waals surface area contributed by atoms with E-state index in [1.54, 1.807) is 13.0 Å². The van der Waals surface area contributed by atoms with E-state index >= 15 is 0 Å². The summed E-state index contributed by atoms with van der Waals surface area (Å²) in [5.74, 6) is 0.633. The van der Waals surface area contributed by atoms with Crippen molar-refractivity contribution in [2.45, 2.75) is 31.8 Å². The van der Waals surface area contributed by atoms with Gasteiger partial charge in [0.2, 0.25) is 0 Å². The molecule has 6 heteroatoms. The molecule has 3 heterocycles. The van der Waals surface area contributed by atoms with Crippen LogP contribution in [0.4, 0.5) is 4.79 Å². The second kappa shape index (κ2) is 4.85. The van der Waals surface area contributed by atoms with Crippen molar-refractivity contribution >= 4 is 12.0 Å². The fourth-order valence-electron chi connectivity index (χ4n) is 2.93. The third-order valence-electron chi connectivity index (χ3n) is 4.14. The number of carbonyl (C=O) groups is 2. The Hall–Kier alpha value is -1.98. The average molecular weight is 278 g/mol. The van der Waals surface area contributed by atoms with E-state index in [4.69, 9.17) is 9.15 Å². The zero-order chi connectivity index (χ0) is 14.2. The van der Waals surface area contributed by atoms with Crippen molar-refractivity contribution in [2.75, 3.05) is 19.6 Å². The van der Waals surface area contributed by atoms with Gasteiger partial charge in [-0.15, -0.1) is 0 Å². The van der Waals surface area contributed by atoms with Crippen LogP contribution in [0.5, 0.6) is 0 Å². The van der Waals surface area contributed by atoms with Crippen LogP contribution in [0.2, 0.25) is 0 Å². The zero-order valence-corrected chi connectivity index (χ0v) is 11.5. The van der Waals surface area contributed by atoms with Gasteiger partial charge in [0.25, 0.3) is 5.91 Å². The number of hydrogen-bond acceptors (Lipinski definition) is 4. The number of likely N-dealkylation sites (tertiary alicyclic amines) is 1. The molecule has 1 atom stereocenters. The van der Waals surface area contributed by atoms with Gasteiger partial charge in [-0.2, -0.15) is 0 Å². The Morgan fingerprint density at radius 3 is 2.90 bits per heavy atom. The number of aryl methyl sites for hydroxylation is 1. The van der Waals surface area contributed by atoms with Crippen molar-refractivity contribution in [3.05, 3.63) is 23.7 Å². The number of alkyl carbamates (subject to hydrolysis) is 1. The molecular weight excluding hydrogens is 260 g/mol. The Morgan fingerprint density at radius 2 is 2.25 bits per heavy atom. The summed E-state index contributed by atoms with van der Waals surface area (Å²) in [5, 5.41) is 2.71. The Morgan fingerprint density at radius 1 is 1.40 bits per heavy atom. The maximum Gasteiger partial charge on any atom is 0.407 e. The summed E-state index contributed by atoms with van der Waals surface area (Å²) >= 11 is 0. The quantitative estimate of drug-likeness (QED) is 0.848. The monoisotopic (exact) mass is 278 g/mol. The first-order valence-corrected chi connectivity index (χ1v) is 6.90. The van der Waals surface area contributed by atoms with Gasteiger partial charge in [-0.25, -0.2) is 4.79 Å². The molecule has 6 nitrogen and oxygen atoms in total. The van der Waals surface area contributed by atoms with Gasteiger partial charge >= 0.3 is 6.09 Å². The SMILES string of the molecule is Cc1occc1C(=O)N1CCCC2(CC1)CNC(=O)O2. The van der Waals surface area contributed by atoms with E-state index in [0.29, 0.717) is 37.4 Å². The standard InChI is InChI=1S/C14H18N2O4/c1-10-11(3-8-19-10)12(17)16-6-2-4-14(5-7-16)9-15-13(18)20-14/h3,8H,2,4-7,9H2,1H3,(H,15,18). The normalized spacial score (nSPS) is 26.2. The maximum absolute atomic E-state index is 12.4. The third kappa shape index (κ3) is 2.26. The molecule has 0 aliphatic carbocycles. The molecule has 2 fully saturated rings. The number of rotatable bonds is 1. The predicted octanol–water partition coefficient (Wildman–Crippen LogP) is 1.69. The summed E-state index contributed by atoms with van der Waals surface area (Å²) in [5.41, 5.74) is 0.180. The van der Waals surface area contributed by atoms with Crippen LogP contribution in [-0.4, -0.2) is 42.1 Å². The van der Waals surface area contributed by atoms with Crippen molar-refractivity contribution in [3.8, 4) is 0 Å². The Kier molecular flexibility index (Phi) is 3.16. The molecule has 1 N–H and O–H groups in total. The average Bonchev–Trinajstić information content (AvgIpc) is 2.93. The number of hydrogen-bond donors (Lipinski definition) is 1. The van der Waals surface area contributed by atoms with Crippen molar-refractivity contribution in [1.29, 1.82) is 0 Å². The Bertz CT molecular complexity index is 539. The van der Waals surface area contributed by atoms with E-state index in [1.165, 1.54) is 6.26 Å². The number of furan rings is 1. The molecule has 3 rings (SSSR count). The van der Waals surface area contributed by atoms with Gasteiger partial charge in [-0.1, -0.05) is 0 Å². The maximum atomic E-state index is 12.4. The Balaban J connectivity index is 1.70. The summed E-state index contributed by atoms with van der Waals surface area (Å²) in [4.78, 5) is 25.5. The van der Waals surface area contributed by atoms with Crippen molar-refractivity contribution in [3.63, 3.8) is 0 Å². The zero-order valence-electron chi connectivity index (χ0n) is 11.5. The van der Waals surface area contributed by atoms with Crippen molar-refractivity contribution in [2.24, 2.45) is 0 Å². The van der Waals surface area contributed by atoms with Crippen LogP contribution < -0.4 is 5.32 Å². The van der Waals surface area contributed by atoms with Gasteiger partial charge < -0.3 is 19.4 Å². The highest BCUT2D eigenvalue weighted by Gasteiger charge is 2.42. The summed E-state index contributed by atoms with van der Waals surface area (Å²) in [6, 6.07) is 1.70. The van der Waals surface area contributed by atoms with Crippen LogP contribution in [0.3, 0.4) is 0 Å². The first-order chi connectivity index (χ1) is 9.60. The second-order valence-electron chi connectivity index (χ2n) is 5.46. The van der Waals surface area contributed by atoms with Crippen LogP contribution in [0.1, 0.15) is 35.4 Å². The molecule has 20 heavy (non-hydrogen) atoms. The topological polar surface area (TPSA) is 71.8 Å². The molecule has 1 spiro atoms. The molecule has 0 saturated carbocycles. The number of ether oxygens (including phenoxy) is 1. The molecule has 0 bridgehead atoms. The van der Waals surface area contributed by atoms with E-state index in [0.717, 1.165) is 12.8 Å². The summed E-state index contributed by atoms with van der Waals surface area (Å²) < 4.78 is 10.6. The minimum atomic E-state index is -0.433. The van der Waals surface area contributed by atoms with Gasteiger partial charge in [0.15, 0.2) is 0 Å².